The van der Waals surface area contributed by atoms with E-state index in [-0.39, 0.29) is 0 Å². The highest BCUT2D eigenvalue weighted by Crippen LogP contribution is 2.21. The maximum absolute atomic E-state index is 10.2. The molecule has 0 spiro atoms. The van der Waals surface area contributed by atoms with Crippen molar-refractivity contribution in [3.05, 3.63) is 0 Å². The number of aliphatic hydroxyl groups is 4. The summed E-state index contributed by atoms with van der Waals surface area (Å²) in [6, 6.07) is 0. The van der Waals surface area contributed by atoms with Gasteiger partial charge in [0.25, 0.3) is 0 Å². The third kappa shape index (κ3) is 2.55. The number of ether oxygens (including phenoxy) is 2. The normalized spacial score (nSPS) is 41.2. The molecule has 1 aliphatic heterocycles. The van der Waals surface area contributed by atoms with E-state index in [0.29, 0.717) is 0 Å². The van der Waals surface area contributed by atoms with Crippen LogP contribution in [0.5, 0.6) is 0 Å². The molecule has 0 aromatic rings. The summed E-state index contributed by atoms with van der Waals surface area (Å²) >= 11 is 0. The number of hydrogen-bond donors (Lipinski definition) is 5. The van der Waals surface area contributed by atoms with E-state index in [4.69, 9.17) is 14.9 Å². The minimum Gasteiger partial charge on any atom is -0.450 e. The molecule has 0 radical (unpaired) electrons. The minimum atomic E-state index is -1.70. The maximum atomic E-state index is 10.2. The topological polar surface area (TPSA) is 137 Å². The molecule has 0 amide bonds. The maximum Gasteiger partial charge on any atom is 0.508 e. The lowest BCUT2D eigenvalue weighted by atomic mass is 9.99. The summed E-state index contributed by atoms with van der Waals surface area (Å²) in [5.74, 6) is 0. The SMILES string of the molecule is O=C(O)OC1O[C@H](CO)[C@H](O)[C@H](O)[C@H]1O. The van der Waals surface area contributed by atoms with Crippen molar-refractivity contribution in [2.75, 3.05) is 6.61 Å². The van der Waals surface area contributed by atoms with Crippen LogP contribution in [0.4, 0.5) is 4.79 Å². The van der Waals surface area contributed by atoms with Gasteiger partial charge in [0, 0.05) is 0 Å². The molecule has 88 valence electrons. The Labute approximate surface area is 84.3 Å². The summed E-state index contributed by atoms with van der Waals surface area (Å²) in [5, 5.41) is 44.8. The van der Waals surface area contributed by atoms with Gasteiger partial charge in [-0.15, -0.1) is 0 Å². The Morgan fingerprint density at radius 2 is 1.80 bits per heavy atom. The molecule has 1 fully saturated rings. The van der Waals surface area contributed by atoms with E-state index in [9.17, 15) is 20.1 Å². The molecule has 0 saturated carbocycles. The molecule has 0 aliphatic carbocycles. The first kappa shape index (κ1) is 12.1. The van der Waals surface area contributed by atoms with E-state index < -0.39 is 43.5 Å². The van der Waals surface area contributed by atoms with Crippen molar-refractivity contribution >= 4 is 6.16 Å². The smallest absolute Gasteiger partial charge is 0.450 e. The molecule has 5 atom stereocenters. The zero-order chi connectivity index (χ0) is 11.6. The Bertz CT molecular complexity index is 229. The highest BCUT2D eigenvalue weighted by atomic mass is 16.8. The van der Waals surface area contributed by atoms with Gasteiger partial charge in [-0.25, -0.2) is 4.79 Å². The Hall–Kier alpha value is -0.930. The van der Waals surface area contributed by atoms with Crippen LogP contribution in [0.15, 0.2) is 0 Å². The van der Waals surface area contributed by atoms with E-state index >= 15 is 0 Å². The molecule has 0 aromatic carbocycles. The van der Waals surface area contributed by atoms with Crippen molar-refractivity contribution in [3.8, 4) is 0 Å². The minimum absolute atomic E-state index is 0.634. The first-order chi connectivity index (χ1) is 6.97. The average molecular weight is 224 g/mol. The van der Waals surface area contributed by atoms with Crippen LogP contribution < -0.4 is 0 Å². The van der Waals surface area contributed by atoms with Crippen molar-refractivity contribution < 1.29 is 39.8 Å². The third-order valence-electron chi connectivity index (χ3n) is 2.07. The van der Waals surface area contributed by atoms with E-state index in [2.05, 4.69) is 4.74 Å². The van der Waals surface area contributed by atoms with Crippen LogP contribution in [0.2, 0.25) is 0 Å². The predicted molar refractivity (Wildman–Crippen MR) is 42.9 cm³/mol. The molecule has 1 aliphatic rings. The van der Waals surface area contributed by atoms with Gasteiger partial charge in [-0.2, -0.15) is 0 Å². The van der Waals surface area contributed by atoms with E-state index in [1.165, 1.54) is 0 Å². The first-order valence-electron chi connectivity index (χ1n) is 4.17. The third-order valence-corrected chi connectivity index (χ3v) is 2.07. The second-order valence-corrected chi connectivity index (χ2v) is 3.08. The molecule has 0 aromatic heterocycles. The van der Waals surface area contributed by atoms with Gasteiger partial charge in [0.15, 0.2) is 0 Å². The second kappa shape index (κ2) is 4.73. The zero-order valence-corrected chi connectivity index (χ0v) is 7.55. The van der Waals surface area contributed by atoms with E-state index in [1.54, 1.807) is 0 Å². The van der Waals surface area contributed by atoms with Crippen LogP contribution in [0, 0.1) is 0 Å². The predicted octanol–water partition coefficient (Wildman–Crippen LogP) is -2.52. The Balaban J connectivity index is 2.69. The molecule has 1 heterocycles. The molecular formula is C7H12O8. The highest BCUT2D eigenvalue weighted by Gasteiger charge is 2.45. The number of aliphatic hydroxyl groups excluding tert-OH is 4. The van der Waals surface area contributed by atoms with Crippen molar-refractivity contribution in [3.63, 3.8) is 0 Å². The van der Waals surface area contributed by atoms with Gasteiger partial charge in [0.1, 0.15) is 24.4 Å². The summed E-state index contributed by atoms with van der Waals surface area (Å²) in [5.41, 5.74) is 0. The quantitative estimate of drug-likeness (QED) is 0.324. The molecule has 1 rings (SSSR count). The van der Waals surface area contributed by atoms with Crippen LogP contribution in [0.25, 0.3) is 0 Å². The average Bonchev–Trinajstić information content (AvgIpc) is 2.18. The molecular weight excluding hydrogens is 212 g/mol. The number of carbonyl (C=O) groups is 1. The fourth-order valence-electron chi connectivity index (χ4n) is 1.26. The summed E-state index contributed by atoms with van der Waals surface area (Å²) < 4.78 is 8.84. The fourth-order valence-corrected chi connectivity index (χ4v) is 1.26. The van der Waals surface area contributed by atoms with Crippen LogP contribution in [-0.2, 0) is 9.47 Å². The standard InChI is InChI=1S/C7H12O8/c8-1-2-3(9)4(10)5(11)6(14-2)15-7(12)13/h2-6,8-11H,1H2,(H,12,13)/t2-,3+,4+,5-,6?/m1/s1. The van der Waals surface area contributed by atoms with Crippen LogP contribution in [0.3, 0.4) is 0 Å². The van der Waals surface area contributed by atoms with Crippen molar-refractivity contribution in [1.82, 2.24) is 0 Å². The van der Waals surface area contributed by atoms with Crippen molar-refractivity contribution in [2.24, 2.45) is 0 Å². The van der Waals surface area contributed by atoms with Gasteiger partial charge in [-0.05, 0) is 0 Å². The van der Waals surface area contributed by atoms with E-state index in [1.807, 2.05) is 0 Å². The van der Waals surface area contributed by atoms with Crippen LogP contribution in [-0.4, -0.2) is 69.0 Å². The van der Waals surface area contributed by atoms with Crippen molar-refractivity contribution in [2.45, 2.75) is 30.7 Å². The van der Waals surface area contributed by atoms with E-state index in [0.717, 1.165) is 0 Å². The Morgan fingerprint density at radius 1 is 1.20 bits per heavy atom. The first-order valence-corrected chi connectivity index (χ1v) is 4.17. The molecule has 5 N–H and O–H groups in total. The Morgan fingerprint density at radius 3 is 2.27 bits per heavy atom. The monoisotopic (exact) mass is 224 g/mol. The largest absolute Gasteiger partial charge is 0.508 e. The molecule has 15 heavy (non-hydrogen) atoms. The summed E-state index contributed by atoms with van der Waals surface area (Å²) in [4.78, 5) is 10.2. The van der Waals surface area contributed by atoms with Gasteiger partial charge < -0.3 is 35.0 Å². The van der Waals surface area contributed by atoms with Crippen LogP contribution in [0.1, 0.15) is 0 Å². The van der Waals surface area contributed by atoms with Gasteiger partial charge in [-0.1, -0.05) is 0 Å². The molecule has 8 heteroatoms. The second-order valence-electron chi connectivity index (χ2n) is 3.08. The number of hydrogen-bond acceptors (Lipinski definition) is 7. The Kier molecular flexibility index (Phi) is 3.83. The van der Waals surface area contributed by atoms with Crippen LogP contribution >= 0.6 is 0 Å². The zero-order valence-electron chi connectivity index (χ0n) is 7.55. The van der Waals surface area contributed by atoms with Crippen molar-refractivity contribution in [1.29, 1.82) is 0 Å². The molecule has 1 unspecified atom stereocenters. The number of carboxylic acid groups (broad SMARTS) is 1. The lowest BCUT2D eigenvalue weighted by molar-refractivity contribution is -0.287. The lowest BCUT2D eigenvalue weighted by Gasteiger charge is -2.38. The molecule has 0 bridgehead atoms. The molecule has 1 saturated heterocycles. The molecule has 8 nitrogen and oxygen atoms in total. The van der Waals surface area contributed by atoms with Gasteiger partial charge >= 0.3 is 6.16 Å². The highest BCUT2D eigenvalue weighted by molar-refractivity contribution is 5.57. The lowest BCUT2D eigenvalue weighted by Crippen LogP contribution is -2.59. The summed E-state index contributed by atoms with van der Waals surface area (Å²) in [7, 11) is 0. The van der Waals surface area contributed by atoms with Gasteiger partial charge in [0.2, 0.25) is 6.29 Å². The van der Waals surface area contributed by atoms with Gasteiger partial charge in [0.05, 0.1) is 6.61 Å². The summed E-state index contributed by atoms with van der Waals surface area (Å²) in [6.07, 6.45) is -9.36. The van der Waals surface area contributed by atoms with Gasteiger partial charge in [-0.3, -0.25) is 0 Å². The fraction of sp³-hybridized carbons (Fsp3) is 0.857. The summed E-state index contributed by atoms with van der Waals surface area (Å²) in [6.45, 7) is -0.634. The number of rotatable bonds is 2.